The van der Waals surface area contributed by atoms with Crippen LogP contribution in [0.3, 0.4) is 0 Å². The van der Waals surface area contributed by atoms with Crippen molar-refractivity contribution in [2.24, 2.45) is 0 Å². The van der Waals surface area contributed by atoms with Gasteiger partial charge in [-0.3, -0.25) is 0 Å². The van der Waals surface area contributed by atoms with Crippen LogP contribution in [0.15, 0.2) is 61.2 Å². The number of benzene rings is 2. The summed E-state index contributed by atoms with van der Waals surface area (Å²) in [7, 11) is 2.24. The standard InChI is InChI=1S/C18H20B/c1-5-18(3,4)19-17-12-10-16(11-13-17)15-8-6-14(2)7-9-15/h5-13H,1H2,2-4H3. The molecule has 95 valence electrons. The average Bonchev–Trinajstić information content (AvgIpc) is 2.40. The van der Waals surface area contributed by atoms with Gasteiger partial charge < -0.3 is 0 Å². The molecule has 0 aliphatic heterocycles. The molecule has 0 unspecified atom stereocenters. The lowest BCUT2D eigenvalue weighted by Gasteiger charge is -2.18. The van der Waals surface area contributed by atoms with Gasteiger partial charge in [-0.25, -0.2) is 0 Å². The molecule has 0 atom stereocenters. The molecule has 0 spiro atoms. The second-order valence-corrected chi connectivity index (χ2v) is 5.66. The molecule has 0 saturated heterocycles. The van der Waals surface area contributed by atoms with Crippen LogP contribution in [-0.4, -0.2) is 7.28 Å². The Morgan fingerprint density at radius 3 is 1.84 bits per heavy atom. The monoisotopic (exact) mass is 247 g/mol. The third-order valence-corrected chi connectivity index (χ3v) is 3.36. The number of hydrogen-bond acceptors (Lipinski definition) is 0. The summed E-state index contributed by atoms with van der Waals surface area (Å²) >= 11 is 0. The van der Waals surface area contributed by atoms with Gasteiger partial charge in [-0.1, -0.05) is 79.5 Å². The molecular formula is C18H20B. The van der Waals surface area contributed by atoms with Crippen molar-refractivity contribution in [1.82, 2.24) is 0 Å². The van der Waals surface area contributed by atoms with Gasteiger partial charge in [0.15, 0.2) is 7.28 Å². The normalized spacial score (nSPS) is 11.1. The second kappa shape index (κ2) is 5.48. The number of hydrogen-bond donors (Lipinski definition) is 0. The van der Waals surface area contributed by atoms with Crippen molar-refractivity contribution in [3.63, 3.8) is 0 Å². The quantitative estimate of drug-likeness (QED) is 0.555. The molecule has 1 radical (unpaired) electrons. The lowest BCUT2D eigenvalue weighted by molar-refractivity contribution is 0.855. The number of allylic oxidation sites excluding steroid dienone is 1. The minimum atomic E-state index is 0.0331. The maximum absolute atomic E-state index is 3.87. The van der Waals surface area contributed by atoms with Crippen LogP contribution in [0.4, 0.5) is 0 Å². The Kier molecular flexibility index (Phi) is 3.94. The number of rotatable bonds is 4. The molecule has 0 heterocycles. The molecule has 1 heteroatoms. The van der Waals surface area contributed by atoms with Crippen LogP contribution in [0, 0.1) is 6.92 Å². The SMILES string of the molecule is C=CC(C)(C)[B]c1ccc(-c2ccc(C)cc2)cc1. The fourth-order valence-corrected chi connectivity index (χ4v) is 2.01. The maximum atomic E-state index is 3.87. The lowest BCUT2D eigenvalue weighted by Crippen LogP contribution is -2.23. The van der Waals surface area contributed by atoms with Gasteiger partial charge >= 0.3 is 0 Å². The van der Waals surface area contributed by atoms with Gasteiger partial charge in [0.25, 0.3) is 0 Å². The molecule has 0 aliphatic carbocycles. The lowest BCUT2D eigenvalue weighted by atomic mass is 9.50. The fourth-order valence-electron chi connectivity index (χ4n) is 2.01. The third kappa shape index (κ3) is 3.60. The molecular weight excluding hydrogens is 227 g/mol. The fraction of sp³-hybridized carbons (Fsp3) is 0.222. The van der Waals surface area contributed by atoms with Crippen molar-refractivity contribution >= 4 is 12.7 Å². The van der Waals surface area contributed by atoms with E-state index in [9.17, 15) is 0 Å². The van der Waals surface area contributed by atoms with Crippen LogP contribution in [-0.2, 0) is 0 Å². The van der Waals surface area contributed by atoms with Gasteiger partial charge in [-0.05, 0) is 23.4 Å². The first-order valence-corrected chi connectivity index (χ1v) is 6.67. The Balaban J connectivity index is 2.19. The Labute approximate surface area is 117 Å². The van der Waals surface area contributed by atoms with Crippen molar-refractivity contribution in [3.05, 3.63) is 66.7 Å². The Hall–Kier alpha value is -1.76. The van der Waals surface area contributed by atoms with Gasteiger partial charge in [0, 0.05) is 0 Å². The van der Waals surface area contributed by atoms with Crippen LogP contribution in [0.1, 0.15) is 19.4 Å². The first kappa shape index (κ1) is 13.7. The largest absolute Gasteiger partial charge is 0.163 e. The summed E-state index contributed by atoms with van der Waals surface area (Å²) in [6.45, 7) is 10.3. The van der Waals surface area contributed by atoms with Gasteiger partial charge in [0.1, 0.15) is 0 Å². The molecule has 0 aromatic heterocycles. The molecule has 0 fully saturated rings. The summed E-state index contributed by atoms with van der Waals surface area (Å²) in [5.41, 5.74) is 5.05. The Morgan fingerprint density at radius 2 is 1.37 bits per heavy atom. The second-order valence-electron chi connectivity index (χ2n) is 5.66. The topological polar surface area (TPSA) is 0 Å². The van der Waals surface area contributed by atoms with E-state index in [-0.39, 0.29) is 5.31 Å². The van der Waals surface area contributed by atoms with Crippen molar-refractivity contribution in [3.8, 4) is 11.1 Å². The molecule has 0 bridgehead atoms. The van der Waals surface area contributed by atoms with Crippen molar-refractivity contribution in [1.29, 1.82) is 0 Å². The van der Waals surface area contributed by atoms with Gasteiger partial charge in [-0.2, -0.15) is 0 Å². The number of aryl methyl sites for hydroxylation is 1. The van der Waals surface area contributed by atoms with E-state index in [2.05, 4.69) is 83.2 Å². The smallest absolute Gasteiger partial charge is 0.103 e. The van der Waals surface area contributed by atoms with Gasteiger partial charge in [0.2, 0.25) is 0 Å². The summed E-state index contributed by atoms with van der Waals surface area (Å²) in [4.78, 5) is 0. The highest BCUT2D eigenvalue weighted by molar-refractivity contribution is 6.57. The van der Waals surface area contributed by atoms with E-state index in [4.69, 9.17) is 0 Å². The maximum Gasteiger partial charge on any atom is 0.163 e. The average molecular weight is 247 g/mol. The molecule has 0 nitrogen and oxygen atoms in total. The van der Waals surface area contributed by atoms with E-state index >= 15 is 0 Å². The molecule has 2 rings (SSSR count). The molecule has 0 N–H and O–H groups in total. The highest BCUT2D eigenvalue weighted by atomic mass is 14.0. The van der Waals surface area contributed by atoms with E-state index in [1.807, 2.05) is 6.08 Å². The minimum absolute atomic E-state index is 0.0331. The van der Waals surface area contributed by atoms with Crippen molar-refractivity contribution in [2.45, 2.75) is 26.1 Å². The molecule has 0 aliphatic rings. The molecule has 2 aromatic rings. The van der Waals surface area contributed by atoms with Crippen molar-refractivity contribution in [2.75, 3.05) is 0 Å². The predicted octanol–water partition coefficient (Wildman–Crippen LogP) is 4.38. The zero-order valence-corrected chi connectivity index (χ0v) is 12.0. The van der Waals surface area contributed by atoms with Crippen LogP contribution in [0.2, 0.25) is 5.31 Å². The summed E-state index contributed by atoms with van der Waals surface area (Å²) < 4.78 is 0. The van der Waals surface area contributed by atoms with Crippen molar-refractivity contribution < 1.29 is 0 Å². The first-order chi connectivity index (χ1) is 9.00. The summed E-state index contributed by atoms with van der Waals surface area (Å²) in [6.07, 6.45) is 1.97. The third-order valence-electron chi connectivity index (χ3n) is 3.36. The zero-order chi connectivity index (χ0) is 13.9. The molecule has 0 amide bonds. The Bertz CT molecular complexity index is 547. The summed E-state index contributed by atoms with van der Waals surface area (Å²) in [5, 5.41) is 0.0331. The highest BCUT2D eigenvalue weighted by Crippen LogP contribution is 2.23. The van der Waals surface area contributed by atoms with Gasteiger partial charge in [0.05, 0.1) is 0 Å². The predicted molar refractivity (Wildman–Crippen MR) is 86.2 cm³/mol. The van der Waals surface area contributed by atoms with E-state index < -0.39 is 0 Å². The van der Waals surface area contributed by atoms with Crippen LogP contribution in [0.25, 0.3) is 11.1 Å². The molecule has 0 saturated carbocycles. The molecule has 2 aromatic carbocycles. The molecule has 19 heavy (non-hydrogen) atoms. The minimum Gasteiger partial charge on any atom is -0.103 e. The van der Waals surface area contributed by atoms with E-state index in [0.717, 1.165) is 0 Å². The van der Waals surface area contributed by atoms with E-state index in [0.29, 0.717) is 0 Å². The first-order valence-electron chi connectivity index (χ1n) is 6.67. The summed E-state index contributed by atoms with van der Waals surface area (Å²) in [6, 6.07) is 17.3. The van der Waals surface area contributed by atoms with E-state index in [1.165, 1.54) is 22.2 Å². The van der Waals surface area contributed by atoms with Gasteiger partial charge in [-0.15, -0.1) is 6.58 Å². The van der Waals surface area contributed by atoms with Crippen LogP contribution < -0.4 is 5.46 Å². The van der Waals surface area contributed by atoms with Crippen LogP contribution >= 0.6 is 0 Å². The Morgan fingerprint density at radius 1 is 0.895 bits per heavy atom. The van der Waals surface area contributed by atoms with E-state index in [1.54, 1.807) is 0 Å². The highest BCUT2D eigenvalue weighted by Gasteiger charge is 2.15. The summed E-state index contributed by atoms with van der Waals surface area (Å²) in [5.74, 6) is 0. The zero-order valence-electron chi connectivity index (χ0n) is 12.0. The van der Waals surface area contributed by atoms with Crippen LogP contribution in [0.5, 0.6) is 0 Å².